The van der Waals surface area contributed by atoms with Crippen molar-refractivity contribution in [3.8, 4) is 0 Å². The Balaban J connectivity index is 2.37. The zero-order chi connectivity index (χ0) is 10.9. The predicted octanol–water partition coefficient (Wildman–Crippen LogP) is 3.41. The van der Waals surface area contributed by atoms with Crippen molar-refractivity contribution in [2.24, 2.45) is 5.92 Å². The molecule has 0 N–H and O–H groups in total. The first kappa shape index (κ1) is 11.0. The highest BCUT2D eigenvalue weighted by atomic mass is 31.2. The average molecular weight is 222 g/mol. The van der Waals surface area contributed by atoms with Gasteiger partial charge in [0, 0.05) is 17.6 Å². The van der Waals surface area contributed by atoms with Crippen molar-refractivity contribution in [3.63, 3.8) is 0 Å². The molecule has 1 nitrogen and oxygen atoms in total. The quantitative estimate of drug-likeness (QED) is 0.665. The van der Waals surface area contributed by atoms with Crippen LogP contribution in [0.2, 0.25) is 0 Å². The fraction of sp³-hybridized carbons (Fsp3) is 0.538. The van der Waals surface area contributed by atoms with E-state index in [2.05, 4.69) is 26.0 Å². The summed E-state index contributed by atoms with van der Waals surface area (Å²) in [5.74, 6) is 0.629. The van der Waals surface area contributed by atoms with Gasteiger partial charge in [-0.1, -0.05) is 31.2 Å². The summed E-state index contributed by atoms with van der Waals surface area (Å²) >= 11 is 0. The van der Waals surface area contributed by atoms with Crippen LogP contribution in [0.4, 0.5) is 0 Å². The monoisotopic (exact) mass is 222 g/mol. The second-order valence-corrected chi connectivity index (χ2v) is 7.90. The Labute approximate surface area is 92.3 Å². The molecule has 2 heteroatoms. The molecule has 0 amide bonds. The Hall–Kier alpha value is -0.550. The minimum absolute atomic E-state index is 0.629. The van der Waals surface area contributed by atoms with E-state index >= 15 is 0 Å². The summed E-state index contributed by atoms with van der Waals surface area (Å²) in [7, 11) is -2.06. The molecule has 1 aliphatic heterocycles. The van der Waals surface area contributed by atoms with E-state index in [0.717, 1.165) is 24.0 Å². The Bertz CT molecular complexity index is 397. The summed E-state index contributed by atoms with van der Waals surface area (Å²) in [5.41, 5.74) is 1.20. The molecule has 82 valence electrons. The van der Waals surface area contributed by atoms with E-state index in [1.807, 2.05) is 12.1 Å². The molecule has 0 aromatic heterocycles. The molecule has 1 saturated heterocycles. The van der Waals surface area contributed by atoms with Crippen LogP contribution < -0.4 is 5.30 Å². The second-order valence-electron chi connectivity index (χ2n) is 4.83. The van der Waals surface area contributed by atoms with Gasteiger partial charge in [-0.15, -0.1) is 0 Å². The second kappa shape index (κ2) is 4.14. The molecule has 2 atom stereocenters. The number of rotatable bonds is 1. The van der Waals surface area contributed by atoms with Gasteiger partial charge in [-0.3, -0.25) is 0 Å². The van der Waals surface area contributed by atoms with Gasteiger partial charge >= 0.3 is 0 Å². The lowest BCUT2D eigenvalue weighted by Crippen LogP contribution is -2.21. The van der Waals surface area contributed by atoms with Gasteiger partial charge in [0.2, 0.25) is 0 Å². The van der Waals surface area contributed by atoms with Gasteiger partial charge in [0.15, 0.2) is 0 Å². The van der Waals surface area contributed by atoms with Gasteiger partial charge in [0.1, 0.15) is 7.14 Å². The normalized spacial score (nSPS) is 31.5. The summed E-state index contributed by atoms with van der Waals surface area (Å²) < 4.78 is 12.9. The summed E-state index contributed by atoms with van der Waals surface area (Å²) in [6.07, 6.45) is 4.21. The zero-order valence-electron chi connectivity index (χ0n) is 9.57. The third-order valence-electron chi connectivity index (χ3n) is 3.38. The molecule has 0 radical (unpaired) electrons. The van der Waals surface area contributed by atoms with Crippen LogP contribution in [0.3, 0.4) is 0 Å². The summed E-state index contributed by atoms with van der Waals surface area (Å²) in [6.45, 7) is 4.30. The van der Waals surface area contributed by atoms with E-state index < -0.39 is 7.14 Å². The maximum atomic E-state index is 12.9. The molecule has 0 bridgehead atoms. The van der Waals surface area contributed by atoms with Crippen LogP contribution in [-0.4, -0.2) is 12.3 Å². The van der Waals surface area contributed by atoms with Crippen LogP contribution in [0.25, 0.3) is 0 Å². The topological polar surface area (TPSA) is 17.1 Å². The number of hydrogen-bond donors (Lipinski definition) is 0. The molecular weight excluding hydrogens is 203 g/mol. The molecule has 1 aliphatic rings. The third kappa shape index (κ3) is 2.18. The van der Waals surface area contributed by atoms with Crippen molar-refractivity contribution in [1.82, 2.24) is 0 Å². The highest BCUT2D eigenvalue weighted by molar-refractivity contribution is 7.71. The van der Waals surface area contributed by atoms with E-state index in [9.17, 15) is 4.57 Å². The fourth-order valence-corrected chi connectivity index (χ4v) is 6.20. The fourth-order valence-electron chi connectivity index (χ4n) is 2.62. The summed E-state index contributed by atoms with van der Waals surface area (Å²) in [6, 6.07) is 8.18. The Morgan fingerprint density at radius 1 is 1.33 bits per heavy atom. The molecule has 0 saturated carbocycles. The molecule has 1 heterocycles. The largest absolute Gasteiger partial charge is 0.319 e. The minimum atomic E-state index is -2.06. The number of benzene rings is 1. The van der Waals surface area contributed by atoms with Crippen molar-refractivity contribution in [2.45, 2.75) is 26.7 Å². The van der Waals surface area contributed by atoms with E-state index in [0.29, 0.717) is 5.92 Å². The maximum Gasteiger partial charge on any atom is 0.116 e. The molecule has 1 fully saturated rings. The first-order chi connectivity index (χ1) is 7.12. The SMILES string of the molecule is Cc1ccccc1P1(=O)CCCC(C)C1. The van der Waals surface area contributed by atoms with E-state index in [4.69, 9.17) is 0 Å². The van der Waals surface area contributed by atoms with E-state index in [1.165, 1.54) is 12.0 Å². The Kier molecular flexibility index (Phi) is 3.02. The van der Waals surface area contributed by atoms with Crippen molar-refractivity contribution in [3.05, 3.63) is 29.8 Å². The molecular formula is C13H19OP. The van der Waals surface area contributed by atoms with Crippen molar-refractivity contribution in [1.29, 1.82) is 0 Å². The van der Waals surface area contributed by atoms with Crippen molar-refractivity contribution >= 4 is 12.4 Å². The highest BCUT2D eigenvalue weighted by Gasteiger charge is 2.31. The minimum Gasteiger partial charge on any atom is -0.319 e. The molecule has 1 aromatic rings. The van der Waals surface area contributed by atoms with E-state index in [-0.39, 0.29) is 0 Å². The van der Waals surface area contributed by atoms with Crippen LogP contribution in [0.15, 0.2) is 24.3 Å². The van der Waals surface area contributed by atoms with Gasteiger partial charge in [0.25, 0.3) is 0 Å². The Morgan fingerprint density at radius 2 is 2.07 bits per heavy atom. The molecule has 1 aromatic carbocycles. The number of hydrogen-bond acceptors (Lipinski definition) is 1. The van der Waals surface area contributed by atoms with Gasteiger partial charge in [-0.25, -0.2) is 0 Å². The van der Waals surface area contributed by atoms with Crippen LogP contribution in [-0.2, 0) is 4.57 Å². The van der Waals surface area contributed by atoms with Crippen LogP contribution in [0, 0.1) is 12.8 Å². The van der Waals surface area contributed by atoms with Crippen molar-refractivity contribution < 1.29 is 4.57 Å². The lowest BCUT2D eigenvalue weighted by Gasteiger charge is -2.28. The summed E-state index contributed by atoms with van der Waals surface area (Å²) in [5, 5.41) is 1.14. The molecule has 0 aliphatic carbocycles. The van der Waals surface area contributed by atoms with Gasteiger partial charge in [-0.05, 0) is 31.2 Å². The summed E-state index contributed by atoms with van der Waals surface area (Å²) in [4.78, 5) is 0. The Morgan fingerprint density at radius 3 is 2.73 bits per heavy atom. The average Bonchev–Trinajstić information content (AvgIpc) is 2.17. The van der Waals surface area contributed by atoms with Crippen LogP contribution >= 0.6 is 7.14 Å². The van der Waals surface area contributed by atoms with Crippen molar-refractivity contribution in [2.75, 3.05) is 12.3 Å². The lowest BCUT2D eigenvalue weighted by molar-refractivity contribution is 0.518. The standard InChI is InChI=1S/C13H19OP/c1-11-6-5-9-15(14,10-11)13-8-4-3-7-12(13)2/h3-4,7-8,11H,5-6,9-10H2,1-2H3. The van der Waals surface area contributed by atoms with Gasteiger partial charge < -0.3 is 4.57 Å². The predicted molar refractivity (Wildman–Crippen MR) is 66.6 cm³/mol. The van der Waals surface area contributed by atoms with Gasteiger partial charge in [-0.2, -0.15) is 0 Å². The molecule has 0 spiro atoms. The first-order valence-corrected chi connectivity index (χ1v) is 7.84. The smallest absolute Gasteiger partial charge is 0.116 e. The molecule has 2 rings (SSSR count). The number of aryl methyl sites for hydroxylation is 1. The molecule has 2 unspecified atom stereocenters. The highest BCUT2D eigenvalue weighted by Crippen LogP contribution is 2.51. The lowest BCUT2D eigenvalue weighted by atomic mass is 10.1. The third-order valence-corrected chi connectivity index (χ3v) is 7.01. The van der Waals surface area contributed by atoms with E-state index in [1.54, 1.807) is 0 Å². The first-order valence-electron chi connectivity index (χ1n) is 5.76. The maximum absolute atomic E-state index is 12.9. The zero-order valence-corrected chi connectivity index (χ0v) is 10.5. The van der Waals surface area contributed by atoms with Crippen LogP contribution in [0.5, 0.6) is 0 Å². The van der Waals surface area contributed by atoms with Crippen LogP contribution in [0.1, 0.15) is 25.3 Å². The van der Waals surface area contributed by atoms with Gasteiger partial charge in [0.05, 0.1) is 0 Å². The molecule has 15 heavy (non-hydrogen) atoms.